The smallest absolute Gasteiger partial charge is 0.243 e. The van der Waals surface area contributed by atoms with E-state index in [1.165, 1.54) is 15.6 Å². The minimum Gasteiger partial charge on any atom is -0.299 e. The van der Waals surface area contributed by atoms with Gasteiger partial charge in [-0.1, -0.05) is 39.8 Å². The molecule has 0 unspecified atom stereocenters. The quantitative estimate of drug-likeness (QED) is 0.645. The second-order valence-electron chi connectivity index (χ2n) is 6.19. The van der Waals surface area contributed by atoms with Crippen LogP contribution in [0.5, 0.6) is 0 Å². The van der Waals surface area contributed by atoms with Crippen LogP contribution in [0.4, 0.5) is 0 Å². The van der Waals surface area contributed by atoms with Crippen LogP contribution in [0.15, 0.2) is 34.5 Å². The van der Waals surface area contributed by atoms with Crippen molar-refractivity contribution in [1.29, 1.82) is 0 Å². The van der Waals surface area contributed by atoms with Gasteiger partial charge in [0.25, 0.3) is 0 Å². The summed E-state index contributed by atoms with van der Waals surface area (Å²) in [7, 11) is -3.45. The predicted octanol–water partition coefficient (Wildman–Crippen LogP) is 4.00. The van der Waals surface area contributed by atoms with Gasteiger partial charge in [0.2, 0.25) is 10.0 Å². The highest BCUT2D eigenvalue weighted by atomic mass is 32.2. The molecule has 2 rings (SSSR count). The lowest BCUT2D eigenvalue weighted by Gasteiger charge is -2.18. The molecule has 0 aliphatic carbocycles. The van der Waals surface area contributed by atoms with E-state index in [-0.39, 0.29) is 16.6 Å². The van der Waals surface area contributed by atoms with Crippen LogP contribution in [0.2, 0.25) is 0 Å². The van der Waals surface area contributed by atoms with Crippen molar-refractivity contribution in [2.24, 2.45) is 5.92 Å². The number of carbonyl (C=O) groups excluding carboxylic acids is 1. The van der Waals surface area contributed by atoms with Gasteiger partial charge in [0.15, 0.2) is 0 Å². The maximum atomic E-state index is 12.5. The molecule has 0 radical (unpaired) electrons. The Kier molecular flexibility index (Phi) is 7.08. The fourth-order valence-electron chi connectivity index (χ4n) is 2.59. The summed E-state index contributed by atoms with van der Waals surface area (Å²) in [6.07, 6.45) is 1.19. The largest absolute Gasteiger partial charge is 0.299 e. The summed E-state index contributed by atoms with van der Waals surface area (Å²) in [5, 5.41) is 2.71. The van der Waals surface area contributed by atoms with E-state index in [4.69, 9.17) is 0 Å². The molecule has 0 fully saturated rings. The molecule has 0 spiro atoms. The molecule has 1 aromatic heterocycles. The normalized spacial score (nSPS) is 13.1. The Hall–Kier alpha value is -1.57. The molecule has 142 valence electrons. The fraction of sp³-hybridized carbons (Fsp3) is 0.474. The minimum absolute atomic E-state index is 0.0481. The van der Waals surface area contributed by atoms with E-state index in [0.29, 0.717) is 19.5 Å². The summed E-state index contributed by atoms with van der Waals surface area (Å²) in [4.78, 5) is 16.9. The maximum Gasteiger partial charge on any atom is 0.243 e. The lowest BCUT2D eigenvalue weighted by Crippen LogP contribution is -2.30. The van der Waals surface area contributed by atoms with Gasteiger partial charge >= 0.3 is 0 Å². The van der Waals surface area contributed by atoms with E-state index < -0.39 is 10.0 Å². The molecule has 0 N–H and O–H groups in total. The Balaban J connectivity index is 2.18. The number of carbonyl (C=O) groups is 1. The summed E-state index contributed by atoms with van der Waals surface area (Å²) in [6.45, 7) is 8.48. The molecule has 0 bridgehead atoms. The number of nitrogens with zero attached hydrogens (tertiary/aromatic N) is 2. The topological polar surface area (TPSA) is 67.3 Å². The predicted molar refractivity (Wildman–Crippen MR) is 106 cm³/mol. The van der Waals surface area contributed by atoms with E-state index in [9.17, 15) is 13.2 Å². The van der Waals surface area contributed by atoms with Crippen molar-refractivity contribution in [3.8, 4) is 11.3 Å². The zero-order valence-electron chi connectivity index (χ0n) is 15.7. The Bertz CT molecular complexity index is 838. The number of rotatable bonds is 9. The number of Topliss-reactive ketones (excluding diaryl/α,β-unsaturated/α-hetero) is 1. The van der Waals surface area contributed by atoms with Crippen molar-refractivity contribution in [2.45, 2.75) is 45.4 Å². The van der Waals surface area contributed by atoms with Crippen LogP contribution in [-0.4, -0.2) is 36.6 Å². The second kappa shape index (κ2) is 8.88. The third-order valence-corrected chi connectivity index (χ3v) is 7.45. The molecule has 0 aliphatic heterocycles. The van der Waals surface area contributed by atoms with Crippen molar-refractivity contribution in [1.82, 2.24) is 9.29 Å². The van der Waals surface area contributed by atoms with Gasteiger partial charge < -0.3 is 0 Å². The van der Waals surface area contributed by atoms with Crippen molar-refractivity contribution < 1.29 is 13.2 Å². The number of hydrogen-bond acceptors (Lipinski definition) is 5. The SMILES string of the molecule is CC[C@H](C)C(=O)Cc1nc(-c2ccc(S(=O)(=O)N(CC)CC)cc2)cs1. The first kappa shape index (κ1) is 20.7. The van der Waals surface area contributed by atoms with Crippen molar-refractivity contribution >= 4 is 27.1 Å². The lowest BCUT2D eigenvalue weighted by atomic mass is 10.0. The van der Waals surface area contributed by atoms with E-state index >= 15 is 0 Å². The van der Waals surface area contributed by atoms with E-state index in [1.807, 2.05) is 33.1 Å². The summed E-state index contributed by atoms with van der Waals surface area (Å²) in [5.41, 5.74) is 1.62. The number of benzene rings is 1. The summed E-state index contributed by atoms with van der Waals surface area (Å²) in [6, 6.07) is 6.77. The molecule has 0 amide bonds. The standard InChI is InChI=1S/C19H26N2O3S2/c1-5-14(4)18(22)12-19-20-17(13-25-19)15-8-10-16(11-9-15)26(23,24)21(6-2)7-3/h8-11,13-14H,5-7,12H2,1-4H3/t14-/m0/s1. The lowest BCUT2D eigenvalue weighted by molar-refractivity contribution is -0.121. The molecule has 26 heavy (non-hydrogen) atoms. The maximum absolute atomic E-state index is 12.5. The number of ketones is 1. The second-order valence-corrected chi connectivity index (χ2v) is 9.07. The van der Waals surface area contributed by atoms with Crippen molar-refractivity contribution in [3.63, 3.8) is 0 Å². The zero-order chi connectivity index (χ0) is 19.3. The molecule has 5 nitrogen and oxygen atoms in total. The average Bonchev–Trinajstić information content (AvgIpc) is 3.10. The Morgan fingerprint density at radius 3 is 2.31 bits per heavy atom. The van der Waals surface area contributed by atoms with E-state index in [0.717, 1.165) is 22.7 Å². The van der Waals surface area contributed by atoms with E-state index in [2.05, 4.69) is 4.98 Å². The van der Waals surface area contributed by atoms with Gasteiger partial charge in [-0.05, 0) is 18.6 Å². The van der Waals surface area contributed by atoms with Crippen molar-refractivity contribution in [3.05, 3.63) is 34.7 Å². The number of aromatic nitrogens is 1. The molecule has 1 atom stereocenters. The molecule has 0 saturated heterocycles. The van der Waals surface area contributed by atoms with Crippen LogP contribution in [0.25, 0.3) is 11.3 Å². The highest BCUT2D eigenvalue weighted by Gasteiger charge is 2.21. The van der Waals surface area contributed by atoms with Gasteiger partial charge in [0, 0.05) is 30.0 Å². The summed E-state index contributed by atoms with van der Waals surface area (Å²) >= 11 is 1.46. The highest BCUT2D eigenvalue weighted by Crippen LogP contribution is 2.25. The molecular weight excluding hydrogens is 368 g/mol. The number of thiazole rings is 1. The molecule has 2 aromatic rings. The van der Waals surface area contributed by atoms with Gasteiger partial charge in [-0.15, -0.1) is 11.3 Å². The number of sulfonamides is 1. The van der Waals surface area contributed by atoms with Crippen LogP contribution in [-0.2, 0) is 21.2 Å². The van der Waals surface area contributed by atoms with E-state index in [1.54, 1.807) is 24.3 Å². The molecule has 0 aliphatic rings. The van der Waals surface area contributed by atoms with Crippen LogP contribution in [0.1, 0.15) is 39.1 Å². The Labute approximate surface area is 160 Å². The number of hydrogen-bond donors (Lipinski definition) is 0. The third kappa shape index (κ3) is 4.58. The first-order valence-corrected chi connectivity index (χ1v) is 11.2. The van der Waals surface area contributed by atoms with Gasteiger partial charge in [0.1, 0.15) is 10.8 Å². The van der Waals surface area contributed by atoms with Crippen LogP contribution < -0.4 is 0 Å². The minimum atomic E-state index is -3.45. The summed E-state index contributed by atoms with van der Waals surface area (Å²) in [5.74, 6) is 0.251. The van der Waals surface area contributed by atoms with Gasteiger partial charge in [0.05, 0.1) is 17.0 Å². The molecular formula is C19H26N2O3S2. The highest BCUT2D eigenvalue weighted by molar-refractivity contribution is 7.89. The monoisotopic (exact) mass is 394 g/mol. The summed E-state index contributed by atoms with van der Waals surface area (Å²) < 4.78 is 26.5. The van der Waals surface area contributed by atoms with Crippen LogP contribution in [0.3, 0.4) is 0 Å². The molecule has 7 heteroatoms. The Morgan fingerprint density at radius 1 is 1.15 bits per heavy atom. The zero-order valence-corrected chi connectivity index (χ0v) is 17.4. The molecule has 0 saturated carbocycles. The fourth-order valence-corrected chi connectivity index (χ4v) is 4.86. The third-order valence-electron chi connectivity index (χ3n) is 4.53. The Morgan fingerprint density at radius 2 is 1.77 bits per heavy atom. The van der Waals surface area contributed by atoms with Gasteiger partial charge in [-0.25, -0.2) is 13.4 Å². The van der Waals surface area contributed by atoms with Crippen molar-refractivity contribution in [2.75, 3.05) is 13.1 Å². The first-order valence-electron chi connectivity index (χ1n) is 8.91. The van der Waals surface area contributed by atoms with Crippen LogP contribution >= 0.6 is 11.3 Å². The first-order chi connectivity index (χ1) is 12.3. The van der Waals surface area contributed by atoms with Crippen LogP contribution in [0, 0.1) is 5.92 Å². The van der Waals surface area contributed by atoms with Gasteiger partial charge in [-0.3, -0.25) is 4.79 Å². The molecule has 1 aromatic carbocycles. The average molecular weight is 395 g/mol. The molecule has 1 heterocycles. The van der Waals surface area contributed by atoms with Gasteiger partial charge in [-0.2, -0.15) is 4.31 Å².